The van der Waals surface area contributed by atoms with Crippen molar-refractivity contribution >= 4 is 11.0 Å². The first-order valence-electron chi connectivity index (χ1n) is 5.25. The van der Waals surface area contributed by atoms with E-state index < -0.39 is 0 Å². The lowest BCUT2D eigenvalue weighted by Gasteiger charge is -2.03. The van der Waals surface area contributed by atoms with Crippen LogP contribution in [0.2, 0.25) is 0 Å². The van der Waals surface area contributed by atoms with Crippen LogP contribution in [0.4, 0.5) is 0 Å². The molecular weight excluding hydrogens is 214 g/mol. The largest absolute Gasteiger partial charge is 0.347 e. The van der Waals surface area contributed by atoms with Gasteiger partial charge in [-0.1, -0.05) is 30.3 Å². The van der Waals surface area contributed by atoms with Crippen molar-refractivity contribution in [3.63, 3.8) is 0 Å². The fourth-order valence-corrected chi connectivity index (χ4v) is 1.80. The zero-order valence-corrected chi connectivity index (χ0v) is 8.92. The van der Waals surface area contributed by atoms with E-state index in [-0.39, 0.29) is 5.69 Å². The molecule has 0 atom stereocenters. The van der Waals surface area contributed by atoms with Crippen LogP contribution in [-0.2, 0) is 0 Å². The molecule has 17 heavy (non-hydrogen) atoms. The number of hydrogen-bond acceptors (Lipinski definition) is 3. The maximum Gasteiger partial charge on any atom is 0.347 e. The molecule has 4 heteroatoms. The summed E-state index contributed by atoms with van der Waals surface area (Å²) in [4.78, 5) is 22.2. The van der Waals surface area contributed by atoms with Crippen molar-refractivity contribution < 1.29 is 0 Å². The minimum absolute atomic E-state index is 0.380. The number of nitrogens with one attached hydrogen (secondary N) is 1. The highest BCUT2D eigenvalue weighted by molar-refractivity contribution is 5.89. The van der Waals surface area contributed by atoms with Crippen LogP contribution in [0.1, 0.15) is 0 Å². The third-order valence-electron chi connectivity index (χ3n) is 2.55. The lowest BCUT2D eigenvalue weighted by Crippen LogP contribution is -2.11. The standard InChI is InChI=1S/C13H9N3O/c17-13-15-11(9-5-2-1-3-6-9)10-7-4-8-14-12(10)16-13/h1-8H,(H,14,15,16,17). The van der Waals surface area contributed by atoms with Gasteiger partial charge >= 0.3 is 5.69 Å². The van der Waals surface area contributed by atoms with E-state index in [0.29, 0.717) is 11.3 Å². The van der Waals surface area contributed by atoms with Gasteiger partial charge in [0.25, 0.3) is 0 Å². The second-order valence-electron chi connectivity index (χ2n) is 3.66. The molecular formula is C13H9N3O. The van der Waals surface area contributed by atoms with Crippen LogP contribution in [0.5, 0.6) is 0 Å². The second kappa shape index (κ2) is 3.83. The number of aromatic nitrogens is 3. The number of rotatable bonds is 1. The Balaban J connectivity index is 2.40. The SMILES string of the molecule is O=c1nc(-c2ccccc2)c2cccnc2[nH]1. The Labute approximate surface area is 97.0 Å². The van der Waals surface area contributed by atoms with Crippen molar-refractivity contribution in [1.29, 1.82) is 0 Å². The molecule has 3 aromatic rings. The number of nitrogens with zero attached hydrogens (tertiary/aromatic N) is 2. The zero-order valence-electron chi connectivity index (χ0n) is 8.92. The van der Waals surface area contributed by atoms with Crippen molar-refractivity contribution in [3.05, 3.63) is 59.1 Å². The van der Waals surface area contributed by atoms with Gasteiger partial charge in [0.2, 0.25) is 0 Å². The van der Waals surface area contributed by atoms with Crippen molar-refractivity contribution in [2.24, 2.45) is 0 Å². The van der Waals surface area contributed by atoms with Crippen LogP contribution in [0.3, 0.4) is 0 Å². The average molecular weight is 223 g/mol. The molecule has 0 saturated heterocycles. The molecule has 2 heterocycles. The van der Waals surface area contributed by atoms with E-state index in [4.69, 9.17) is 0 Å². The van der Waals surface area contributed by atoms with Gasteiger partial charge in [-0.3, -0.25) is 4.98 Å². The molecule has 0 spiro atoms. The van der Waals surface area contributed by atoms with Crippen LogP contribution in [0, 0.1) is 0 Å². The summed E-state index contributed by atoms with van der Waals surface area (Å²) in [5, 5.41) is 0.846. The number of H-pyrrole nitrogens is 1. The van der Waals surface area contributed by atoms with Crippen molar-refractivity contribution in [2.75, 3.05) is 0 Å². The monoisotopic (exact) mass is 223 g/mol. The van der Waals surface area contributed by atoms with E-state index in [1.54, 1.807) is 6.20 Å². The summed E-state index contributed by atoms with van der Waals surface area (Å²) in [5.41, 5.74) is 1.76. The van der Waals surface area contributed by atoms with Crippen molar-refractivity contribution in [1.82, 2.24) is 15.0 Å². The van der Waals surface area contributed by atoms with Crippen LogP contribution in [0.15, 0.2) is 53.5 Å². The van der Waals surface area contributed by atoms with Gasteiger partial charge in [-0.15, -0.1) is 0 Å². The summed E-state index contributed by atoms with van der Waals surface area (Å²) in [7, 11) is 0. The van der Waals surface area contributed by atoms with Gasteiger partial charge in [-0.25, -0.2) is 9.78 Å². The number of pyridine rings is 1. The molecule has 0 unspecified atom stereocenters. The van der Waals surface area contributed by atoms with Crippen LogP contribution in [0.25, 0.3) is 22.3 Å². The number of benzene rings is 1. The molecule has 0 saturated carbocycles. The van der Waals surface area contributed by atoms with E-state index in [1.807, 2.05) is 42.5 Å². The lowest BCUT2D eigenvalue weighted by molar-refractivity contribution is 1.10. The summed E-state index contributed by atoms with van der Waals surface area (Å²) < 4.78 is 0. The molecule has 0 fully saturated rings. The minimum Gasteiger partial charge on any atom is -0.290 e. The molecule has 3 rings (SSSR count). The maximum absolute atomic E-state index is 11.5. The first-order valence-corrected chi connectivity index (χ1v) is 5.25. The van der Waals surface area contributed by atoms with E-state index >= 15 is 0 Å². The van der Waals surface area contributed by atoms with Crippen LogP contribution in [-0.4, -0.2) is 15.0 Å². The van der Waals surface area contributed by atoms with Gasteiger partial charge in [0.15, 0.2) is 0 Å². The first kappa shape index (κ1) is 9.72. The molecule has 0 bridgehead atoms. The predicted octanol–water partition coefficient (Wildman–Crippen LogP) is 1.99. The van der Waals surface area contributed by atoms with Crippen LogP contribution >= 0.6 is 0 Å². The number of hydrogen-bond donors (Lipinski definition) is 1. The Morgan fingerprint density at radius 2 is 1.82 bits per heavy atom. The molecule has 2 aromatic heterocycles. The molecule has 0 aliphatic rings. The van der Waals surface area contributed by atoms with E-state index in [9.17, 15) is 4.79 Å². The smallest absolute Gasteiger partial charge is 0.290 e. The van der Waals surface area contributed by atoms with Gasteiger partial charge in [0, 0.05) is 17.1 Å². The van der Waals surface area contributed by atoms with Crippen molar-refractivity contribution in [3.8, 4) is 11.3 Å². The Morgan fingerprint density at radius 1 is 1.00 bits per heavy atom. The third-order valence-corrected chi connectivity index (χ3v) is 2.55. The normalized spacial score (nSPS) is 10.6. The number of aromatic amines is 1. The van der Waals surface area contributed by atoms with Gasteiger partial charge in [-0.05, 0) is 12.1 Å². The average Bonchev–Trinajstić information content (AvgIpc) is 2.39. The fourth-order valence-electron chi connectivity index (χ4n) is 1.80. The summed E-state index contributed by atoms with van der Waals surface area (Å²) in [6.45, 7) is 0. The quantitative estimate of drug-likeness (QED) is 0.686. The van der Waals surface area contributed by atoms with Gasteiger partial charge < -0.3 is 0 Å². The van der Waals surface area contributed by atoms with Gasteiger partial charge in [-0.2, -0.15) is 4.98 Å². The molecule has 0 aliphatic heterocycles. The summed E-state index contributed by atoms with van der Waals surface area (Å²) >= 11 is 0. The molecule has 82 valence electrons. The molecule has 4 nitrogen and oxygen atoms in total. The predicted molar refractivity (Wildman–Crippen MR) is 65.6 cm³/mol. The highest BCUT2D eigenvalue weighted by atomic mass is 16.1. The topological polar surface area (TPSA) is 58.6 Å². The molecule has 1 N–H and O–H groups in total. The molecule has 1 aromatic carbocycles. The molecule has 0 radical (unpaired) electrons. The Kier molecular flexibility index (Phi) is 2.19. The first-order chi connectivity index (χ1) is 8.34. The minimum atomic E-state index is -0.380. The van der Waals surface area contributed by atoms with Gasteiger partial charge in [0.05, 0.1) is 5.69 Å². The van der Waals surface area contributed by atoms with E-state index in [0.717, 1.165) is 10.9 Å². The highest BCUT2D eigenvalue weighted by Crippen LogP contribution is 2.22. The van der Waals surface area contributed by atoms with E-state index in [1.165, 1.54) is 0 Å². The van der Waals surface area contributed by atoms with E-state index in [2.05, 4.69) is 15.0 Å². The Hall–Kier alpha value is -2.49. The van der Waals surface area contributed by atoms with Crippen molar-refractivity contribution in [2.45, 2.75) is 0 Å². The second-order valence-corrected chi connectivity index (χ2v) is 3.66. The molecule has 0 aliphatic carbocycles. The summed E-state index contributed by atoms with van der Waals surface area (Å²) in [6, 6.07) is 13.3. The van der Waals surface area contributed by atoms with Gasteiger partial charge in [0.1, 0.15) is 5.65 Å². The summed E-state index contributed by atoms with van der Waals surface area (Å²) in [5.74, 6) is 0. The summed E-state index contributed by atoms with van der Waals surface area (Å²) in [6.07, 6.45) is 1.65. The third kappa shape index (κ3) is 1.69. The number of fused-ring (bicyclic) bond motifs is 1. The zero-order chi connectivity index (χ0) is 11.7. The Bertz CT molecular complexity index is 719. The lowest BCUT2D eigenvalue weighted by atomic mass is 10.1. The Morgan fingerprint density at radius 3 is 2.65 bits per heavy atom. The fraction of sp³-hybridized carbons (Fsp3) is 0. The highest BCUT2D eigenvalue weighted by Gasteiger charge is 2.06. The molecule has 0 amide bonds. The van der Waals surface area contributed by atoms with Crippen LogP contribution < -0.4 is 5.69 Å². The maximum atomic E-state index is 11.5.